The van der Waals surface area contributed by atoms with Crippen molar-refractivity contribution in [1.29, 1.82) is 0 Å². The molecule has 1 amide bonds. The van der Waals surface area contributed by atoms with Gasteiger partial charge < -0.3 is 5.32 Å². The van der Waals surface area contributed by atoms with Crippen LogP contribution in [0, 0.1) is 0 Å². The van der Waals surface area contributed by atoms with Crippen molar-refractivity contribution >= 4 is 15.9 Å². The molecule has 0 spiro atoms. The highest BCUT2D eigenvalue weighted by molar-refractivity contribution is 7.89. The van der Waals surface area contributed by atoms with Crippen molar-refractivity contribution in [2.75, 3.05) is 20.6 Å². The predicted octanol–water partition coefficient (Wildman–Crippen LogP) is 1.86. The number of hydrogen-bond donors (Lipinski definition) is 1. The van der Waals surface area contributed by atoms with E-state index >= 15 is 0 Å². The van der Waals surface area contributed by atoms with Gasteiger partial charge in [0, 0.05) is 26.2 Å². The molecule has 0 aliphatic heterocycles. The average Bonchev–Trinajstić information content (AvgIpc) is 2.43. The first-order valence-electron chi connectivity index (χ1n) is 6.70. The van der Waals surface area contributed by atoms with E-state index in [9.17, 15) is 13.2 Å². The minimum Gasteiger partial charge on any atom is -0.352 e. The molecule has 0 saturated heterocycles. The van der Waals surface area contributed by atoms with Gasteiger partial charge in [0.05, 0.1) is 4.90 Å². The van der Waals surface area contributed by atoms with Crippen LogP contribution in [0.2, 0.25) is 0 Å². The quantitative estimate of drug-likeness (QED) is 0.781. The summed E-state index contributed by atoms with van der Waals surface area (Å²) in [5, 5.41) is 2.79. The summed E-state index contributed by atoms with van der Waals surface area (Å²) in [5.41, 5.74) is 0.365. The maximum absolute atomic E-state index is 12.0. The van der Waals surface area contributed by atoms with Crippen molar-refractivity contribution in [3.05, 3.63) is 29.8 Å². The van der Waals surface area contributed by atoms with E-state index in [0.717, 1.165) is 23.6 Å². The van der Waals surface area contributed by atoms with Crippen molar-refractivity contribution in [2.24, 2.45) is 0 Å². The first-order chi connectivity index (χ1) is 9.39. The maximum Gasteiger partial charge on any atom is 0.251 e. The van der Waals surface area contributed by atoms with Crippen LogP contribution in [0.1, 0.15) is 36.5 Å². The van der Waals surface area contributed by atoms with Gasteiger partial charge >= 0.3 is 0 Å². The molecule has 0 aliphatic carbocycles. The monoisotopic (exact) mass is 298 g/mol. The third-order valence-electron chi connectivity index (χ3n) is 2.94. The summed E-state index contributed by atoms with van der Waals surface area (Å²) < 4.78 is 25.1. The molecular formula is C14H22N2O3S. The molecule has 0 radical (unpaired) electrons. The SMILES string of the molecule is CCCCCNC(=O)c1cccc(S(=O)(=O)N(C)C)c1. The molecule has 1 N–H and O–H groups in total. The molecule has 6 heteroatoms. The Morgan fingerprint density at radius 1 is 1.25 bits per heavy atom. The van der Waals surface area contributed by atoms with E-state index < -0.39 is 10.0 Å². The summed E-state index contributed by atoms with van der Waals surface area (Å²) in [7, 11) is -0.578. The molecule has 0 unspecified atom stereocenters. The summed E-state index contributed by atoms with van der Waals surface area (Å²) in [6.45, 7) is 2.70. The van der Waals surface area contributed by atoms with Gasteiger partial charge in [0.2, 0.25) is 10.0 Å². The summed E-state index contributed by atoms with van der Waals surface area (Å²) >= 11 is 0. The summed E-state index contributed by atoms with van der Waals surface area (Å²) in [6.07, 6.45) is 3.08. The molecule has 0 aliphatic rings. The molecule has 0 heterocycles. The zero-order valence-corrected chi connectivity index (χ0v) is 13.0. The minimum absolute atomic E-state index is 0.128. The van der Waals surface area contributed by atoms with Gasteiger partial charge in [0.15, 0.2) is 0 Å². The van der Waals surface area contributed by atoms with E-state index in [2.05, 4.69) is 12.2 Å². The van der Waals surface area contributed by atoms with Crippen molar-refractivity contribution in [2.45, 2.75) is 31.1 Å². The first kappa shape index (κ1) is 16.7. The highest BCUT2D eigenvalue weighted by Crippen LogP contribution is 2.14. The molecule has 20 heavy (non-hydrogen) atoms. The summed E-state index contributed by atoms with van der Waals surface area (Å²) in [6, 6.07) is 6.09. The van der Waals surface area contributed by atoms with Crippen LogP contribution in [0.3, 0.4) is 0 Å². The summed E-state index contributed by atoms with van der Waals surface area (Å²) in [4.78, 5) is 12.1. The standard InChI is InChI=1S/C14H22N2O3S/c1-4-5-6-10-15-14(17)12-8-7-9-13(11-12)20(18,19)16(2)3/h7-9,11H,4-6,10H2,1-3H3,(H,15,17). The Morgan fingerprint density at radius 2 is 1.95 bits per heavy atom. The molecule has 112 valence electrons. The lowest BCUT2D eigenvalue weighted by Crippen LogP contribution is -2.26. The number of nitrogens with one attached hydrogen (secondary N) is 1. The smallest absolute Gasteiger partial charge is 0.251 e. The molecule has 0 aromatic heterocycles. The largest absolute Gasteiger partial charge is 0.352 e. The van der Waals surface area contributed by atoms with Crippen molar-refractivity contribution in [3.63, 3.8) is 0 Å². The number of carbonyl (C=O) groups excluding carboxylic acids is 1. The van der Waals surface area contributed by atoms with Gasteiger partial charge in [0.1, 0.15) is 0 Å². The van der Waals surface area contributed by atoms with Gasteiger partial charge in [-0.15, -0.1) is 0 Å². The Hall–Kier alpha value is -1.40. The summed E-state index contributed by atoms with van der Waals surface area (Å²) in [5.74, 6) is -0.239. The van der Waals surface area contributed by atoms with E-state index in [1.165, 1.54) is 26.2 Å². The van der Waals surface area contributed by atoms with Crippen LogP contribution in [0.4, 0.5) is 0 Å². The van der Waals surface area contributed by atoms with E-state index in [0.29, 0.717) is 12.1 Å². The van der Waals surface area contributed by atoms with Crippen LogP contribution < -0.4 is 5.32 Å². The number of carbonyl (C=O) groups is 1. The zero-order valence-electron chi connectivity index (χ0n) is 12.2. The third kappa shape index (κ3) is 4.31. The Bertz CT molecular complexity index is 553. The highest BCUT2D eigenvalue weighted by atomic mass is 32.2. The molecule has 0 bridgehead atoms. The molecule has 5 nitrogen and oxygen atoms in total. The number of sulfonamides is 1. The molecule has 0 fully saturated rings. The van der Waals surface area contributed by atoms with Crippen molar-refractivity contribution in [3.8, 4) is 0 Å². The lowest BCUT2D eigenvalue weighted by molar-refractivity contribution is 0.0952. The predicted molar refractivity (Wildman–Crippen MR) is 79.2 cm³/mol. The normalized spacial score (nSPS) is 11.6. The van der Waals surface area contributed by atoms with Gasteiger partial charge in [-0.3, -0.25) is 4.79 Å². The fourth-order valence-corrected chi connectivity index (χ4v) is 2.64. The van der Waals surface area contributed by atoms with Crippen LogP contribution in [-0.4, -0.2) is 39.3 Å². The minimum atomic E-state index is -3.51. The Morgan fingerprint density at radius 3 is 2.55 bits per heavy atom. The zero-order chi connectivity index (χ0) is 15.2. The Labute approximate surface area is 121 Å². The number of hydrogen-bond acceptors (Lipinski definition) is 3. The number of nitrogens with zero attached hydrogens (tertiary/aromatic N) is 1. The van der Waals surface area contributed by atoms with Crippen LogP contribution in [-0.2, 0) is 10.0 Å². The fourth-order valence-electron chi connectivity index (χ4n) is 1.69. The topological polar surface area (TPSA) is 66.5 Å². The maximum atomic E-state index is 12.0. The van der Waals surface area contributed by atoms with Crippen LogP contribution in [0.5, 0.6) is 0 Å². The second-order valence-corrected chi connectivity index (χ2v) is 6.93. The fraction of sp³-hybridized carbons (Fsp3) is 0.500. The molecule has 1 aromatic carbocycles. The van der Waals surface area contributed by atoms with E-state index in [1.54, 1.807) is 12.1 Å². The average molecular weight is 298 g/mol. The van der Waals surface area contributed by atoms with Crippen LogP contribution >= 0.6 is 0 Å². The van der Waals surface area contributed by atoms with Crippen molar-refractivity contribution < 1.29 is 13.2 Å². The molecule has 0 atom stereocenters. The second kappa shape index (κ2) is 7.40. The number of rotatable bonds is 7. The molecule has 1 rings (SSSR count). The third-order valence-corrected chi connectivity index (χ3v) is 4.75. The second-order valence-electron chi connectivity index (χ2n) is 4.78. The number of unbranched alkanes of at least 4 members (excludes halogenated alkanes) is 2. The van der Waals surface area contributed by atoms with Crippen LogP contribution in [0.15, 0.2) is 29.2 Å². The Kier molecular flexibility index (Phi) is 6.16. The Balaban J connectivity index is 2.81. The number of amides is 1. The highest BCUT2D eigenvalue weighted by Gasteiger charge is 2.18. The van der Waals surface area contributed by atoms with Crippen LogP contribution in [0.25, 0.3) is 0 Å². The number of benzene rings is 1. The van der Waals surface area contributed by atoms with Gasteiger partial charge in [-0.1, -0.05) is 25.8 Å². The van der Waals surface area contributed by atoms with Gasteiger partial charge in [0.25, 0.3) is 5.91 Å². The molecular weight excluding hydrogens is 276 g/mol. The molecule has 1 aromatic rings. The van der Waals surface area contributed by atoms with Gasteiger partial charge in [-0.2, -0.15) is 0 Å². The van der Waals surface area contributed by atoms with E-state index in [-0.39, 0.29) is 10.8 Å². The lowest BCUT2D eigenvalue weighted by Gasteiger charge is -2.12. The lowest BCUT2D eigenvalue weighted by atomic mass is 10.2. The van der Waals surface area contributed by atoms with E-state index in [1.807, 2.05) is 0 Å². The van der Waals surface area contributed by atoms with E-state index in [4.69, 9.17) is 0 Å². The first-order valence-corrected chi connectivity index (χ1v) is 8.14. The molecule has 0 saturated carbocycles. The van der Waals surface area contributed by atoms with Gasteiger partial charge in [-0.25, -0.2) is 12.7 Å². The van der Waals surface area contributed by atoms with Crippen molar-refractivity contribution in [1.82, 2.24) is 9.62 Å². The van der Waals surface area contributed by atoms with Gasteiger partial charge in [-0.05, 0) is 24.6 Å².